The first-order chi connectivity index (χ1) is 15.4. The van der Waals surface area contributed by atoms with Gasteiger partial charge in [-0.3, -0.25) is 9.89 Å². The molecule has 32 heavy (non-hydrogen) atoms. The molecule has 0 bridgehead atoms. The second kappa shape index (κ2) is 9.26. The first kappa shape index (κ1) is 22.2. The van der Waals surface area contributed by atoms with Gasteiger partial charge in [0.1, 0.15) is 4.90 Å². The van der Waals surface area contributed by atoms with E-state index < -0.39 is 10.0 Å². The normalized spacial score (nSPS) is 15.5. The Hall–Kier alpha value is -2.97. The molecular weight excluding hydrogens is 424 g/mol. The van der Waals surface area contributed by atoms with E-state index in [9.17, 15) is 13.2 Å². The Kier molecular flexibility index (Phi) is 6.43. The van der Waals surface area contributed by atoms with Crippen molar-refractivity contribution in [2.75, 3.05) is 26.2 Å². The lowest BCUT2D eigenvalue weighted by atomic mass is 10.0. The number of rotatable bonds is 5. The van der Waals surface area contributed by atoms with Crippen LogP contribution < -0.4 is 0 Å². The number of nitrogens with one attached hydrogen (secondary N) is 1. The molecule has 0 unspecified atom stereocenters. The Morgan fingerprint density at radius 3 is 2.28 bits per heavy atom. The van der Waals surface area contributed by atoms with Gasteiger partial charge in [0.2, 0.25) is 15.9 Å². The summed E-state index contributed by atoms with van der Waals surface area (Å²) in [5.41, 5.74) is 4.22. The molecule has 0 saturated carbocycles. The number of carbonyl (C=O) groups is 1. The quantitative estimate of drug-likeness (QED) is 0.644. The minimum Gasteiger partial charge on any atom is -0.341 e. The van der Waals surface area contributed by atoms with Crippen molar-refractivity contribution in [2.24, 2.45) is 0 Å². The molecule has 1 fully saturated rings. The van der Waals surface area contributed by atoms with Gasteiger partial charge in [0.25, 0.3) is 0 Å². The van der Waals surface area contributed by atoms with Crippen molar-refractivity contribution >= 4 is 15.9 Å². The predicted molar refractivity (Wildman–Crippen MR) is 124 cm³/mol. The summed E-state index contributed by atoms with van der Waals surface area (Å²) in [6, 6.07) is 18.2. The number of aromatic amines is 1. The van der Waals surface area contributed by atoms with E-state index in [1.807, 2.05) is 42.5 Å². The van der Waals surface area contributed by atoms with Crippen LogP contribution in [0.5, 0.6) is 0 Å². The first-order valence-electron chi connectivity index (χ1n) is 10.8. The van der Waals surface area contributed by atoms with Gasteiger partial charge in [-0.1, -0.05) is 54.6 Å². The molecule has 1 aromatic heterocycles. The van der Waals surface area contributed by atoms with Gasteiger partial charge in [-0.25, -0.2) is 8.42 Å². The smallest absolute Gasteiger partial charge is 0.246 e. The highest BCUT2D eigenvalue weighted by Crippen LogP contribution is 2.23. The van der Waals surface area contributed by atoms with Gasteiger partial charge in [0, 0.05) is 26.2 Å². The maximum absolute atomic E-state index is 13.1. The summed E-state index contributed by atoms with van der Waals surface area (Å²) in [6.45, 7) is 5.01. The van der Waals surface area contributed by atoms with E-state index in [1.54, 1.807) is 18.7 Å². The van der Waals surface area contributed by atoms with Crippen LogP contribution in [0.3, 0.4) is 0 Å². The fraction of sp³-hybridized carbons (Fsp3) is 0.333. The summed E-state index contributed by atoms with van der Waals surface area (Å²) in [5, 5.41) is 6.77. The zero-order valence-corrected chi connectivity index (χ0v) is 19.2. The molecule has 0 radical (unpaired) electrons. The third-order valence-electron chi connectivity index (χ3n) is 5.88. The summed E-state index contributed by atoms with van der Waals surface area (Å²) in [6.07, 6.45) is 0.912. The third kappa shape index (κ3) is 4.61. The lowest BCUT2D eigenvalue weighted by Crippen LogP contribution is -2.38. The highest BCUT2D eigenvalue weighted by molar-refractivity contribution is 7.89. The van der Waals surface area contributed by atoms with Crippen molar-refractivity contribution in [3.8, 4) is 11.1 Å². The third-order valence-corrected chi connectivity index (χ3v) is 8.04. The van der Waals surface area contributed by atoms with Crippen molar-refractivity contribution in [3.05, 3.63) is 71.5 Å². The summed E-state index contributed by atoms with van der Waals surface area (Å²) >= 11 is 0. The number of hydrogen-bond acceptors (Lipinski definition) is 4. The second-order valence-electron chi connectivity index (χ2n) is 8.14. The van der Waals surface area contributed by atoms with Crippen LogP contribution >= 0.6 is 0 Å². The summed E-state index contributed by atoms with van der Waals surface area (Å²) in [5.74, 6) is 0.0207. The Balaban J connectivity index is 1.40. The fourth-order valence-corrected chi connectivity index (χ4v) is 5.97. The molecule has 3 aromatic rings. The van der Waals surface area contributed by atoms with Crippen LogP contribution in [0.2, 0.25) is 0 Å². The van der Waals surface area contributed by atoms with Crippen LogP contribution in [0, 0.1) is 13.8 Å². The van der Waals surface area contributed by atoms with E-state index in [0.717, 1.165) is 16.7 Å². The molecule has 1 aliphatic heterocycles. The van der Waals surface area contributed by atoms with Crippen molar-refractivity contribution in [2.45, 2.75) is 31.6 Å². The number of sulfonamides is 1. The monoisotopic (exact) mass is 452 g/mol. The SMILES string of the molecule is Cc1n[nH]c(C)c1S(=O)(=O)N1CCCN(C(=O)Cc2ccc(-c3ccccc3)cc2)CC1. The van der Waals surface area contributed by atoms with Gasteiger partial charge >= 0.3 is 0 Å². The van der Waals surface area contributed by atoms with E-state index in [4.69, 9.17) is 0 Å². The number of carbonyl (C=O) groups excluding carboxylic acids is 1. The van der Waals surface area contributed by atoms with E-state index in [-0.39, 0.29) is 17.3 Å². The van der Waals surface area contributed by atoms with Crippen molar-refractivity contribution in [1.29, 1.82) is 0 Å². The molecule has 7 nitrogen and oxygen atoms in total. The zero-order valence-electron chi connectivity index (χ0n) is 18.4. The molecular formula is C24H28N4O3S. The van der Waals surface area contributed by atoms with E-state index in [2.05, 4.69) is 22.3 Å². The molecule has 0 atom stereocenters. The lowest BCUT2D eigenvalue weighted by Gasteiger charge is -2.22. The summed E-state index contributed by atoms with van der Waals surface area (Å²) < 4.78 is 27.7. The Morgan fingerprint density at radius 1 is 0.938 bits per heavy atom. The number of benzene rings is 2. The van der Waals surface area contributed by atoms with Crippen LogP contribution in [0.25, 0.3) is 11.1 Å². The van der Waals surface area contributed by atoms with Gasteiger partial charge in [-0.2, -0.15) is 9.40 Å². The molecule has 2 heterocycles. The molecule has 1 saturated heterocycles. The summed E-state index contributed by atoms with van der Waals surface area (Å²) in [7, 11) is -3.64. The maximum Gasteiger partial charge on any atom is 0.246 e. The van der Waals surface area contributed by atoms with Crippen molar-refractivity contribution in [1.82, 2.24) is 19.4 Å². The van der Waals surface area contributed by atoms with Crippen LogP contribution in [-0.4, -0.2) is 59.9 Å². The summed E-state index contributed by atoms with van der Waals surface area (Å²) in [4.78, 5) is 14.9. The molecule has 1 aliphatic rings. The zero-order chi connectivity index (χ0) is 22.7. The predicted octanol–water partition coefficient (Wildman–Crippen LogP) is 3.16. The Bertz CT molecular complexity index is 1170. The number of aromatic nitrogens is 2. The average Bonchev–Trinajstić information content (AvgIpc) is 2.99. The Morgan fingerprint density at radius 2 is 1.62 bits per heavy atom. The lowest BCUT2D eigenvalue weighted by molar-refractivity contribution is -0.130. The first-order valence-corrected chi connectivity index (χ1v) is 12.2. The highest BCUT2D eigenvalue weighted by atomic mass is 32.2. The van der Waals surface area contributed by atoms with E-state index in [0.29, 0.717) is 43.9 Å². The molecule has 4 rings (SSSR count). The largest absolute Gasteiger partial charge is 0.341 e. The Labute approximate surface area is 189 Å². The standard InChI is InChI=1S/C24H28N4O3S/c1-18-24(19(2)26-25-18)32(30,31)28-14-6-13-27(15-16-28)23(29)17-20-9-11-22(12-10-20)21-7-4-3-5-8-21/h3-5,7-12H,6,13-17H2,1-2H3,(H,25,26). The number of hydrogen-bond donors (Lipinski definition) is 1. The van der Waals surface area contributed by atoms with Gasteiger partial charge in [-0.15, -0.1) is 0 Å². The number of amides is 1. The molecule has 0 spiro atoms. The molecule has 8 heteroatoms. The van der Waals surface area contributed by atoms with Crippen LogP contribution in [0.4, 0.5) is 0 Å². The minimum absolute atomic E-state index is 0.0207. The van der Waals surface area contributed by atoms with Gasteiger partial charge in [0.15, 0.2) is 0 Å². The van der Waals surface area contributed by atoms with Crippen molar-refractivity contribution < 1.29 is 13.2 Å². The maximum atomic E-state index is 13.1. The van der Waals surface area contributed by atoms with Crippen LogP contribution in [0.15, 0.2) is 59.5 Å². The van der Waals surface area contributed by atoms with E-state index in [1.165, 1.54) is 4.31 Å². The molecule has 2 aromatic carbocycles. The number of H-pyrrole nitrogens is 1. The topological polar surface area (TPSA) is 86.4 Å². The average molecular weight is 453 g/mol. The van der Waals surface area contributed by atoms with Crippen molar-refractivity contribution in [3.63, 3.8) is 0 Å². The second-order valence-corrected chi connectivity index (χ2v) is 10.0. The van der Waals surface area contributed by atoms with Crippen LogP contribution in [-0.2, 0) is 21.2 Å². The molecule has 1 amide bonds. The minimum atomic E-state index is -3.64. The molecule has 0 aliphatic carbocycles. The van der Waals surface area contributed by atoms with Crippen LogP contribution in [0.1, 0.15) is 23.4 Å². The van der Waals surface area contributed by atoms with Gasteiger partial charge in [-0.05, 0) is 37.0 Å². The molecule has 1 N–H and O–H groups in total. The molecule has 168 valence electrons. The van der Waals surface area contributed by atoms with Gasteiger partial charge < -0.3 is 4.90 Å². The van der Waals surface area contributed by atoms with Gasteiger partial charge in [0.05, 0.1) is 17.8 Å². The van der Waals surface area contributed by atoms with E-state index >= 15 is 0 Å². The number of nitrogens with zero attached hydrogens (tertiary/aromatic N) is 3. The highest BCUT2D eigenvalue weighted by Gasteiger charge is 2.31. The fourth-order valence-electron chi connectivity index (χ4n) is 4.17. The number of aryl methyl sites for hydroxylation is 2.